The standard InChI is InChI=1S/C27H40N6O6/c1-17-14-19-21(15-18(17)2)33(13-11-29-25(37)39-27(6,7)8)22(20(16-34)30-19)31-23(35)32(9)12-10-28-24(36)38-26(3,4)5/h14-16H,10-13H2,1-9H3,(H,28,36)(H,29,37). The summed E-state index contributed by atoms with van der Waals surface area (Å²) in [6.07, 6.45) is -0.637. The van der Waals surface area contributed by atoms with Crippen LogP contribution in [0.1, 0.15) is 63.2 Å². The van der Waals surface area contributed by atoms with E-state index in [1.54, 1.807) is 46.1 Å². The normalized spacial score (nSPS) is 12.2. The fourth-order valence-corrected chi connectivity index (χ4v) is 3.44. The Hall–Kier alpha value is -3.96. The quantitative estimate of drug-likeness (QED) is 0.508. The van der Waals surface area contributed by atoms with Gasteiger partial charge < -0.3 is 29.6 Å². The molecule has 0 unspecified atom stereocenters. The minimum absolute atomic E-state index is 0.0170. The van der Waals surface area contributed by atoms with Crippen molar-refractivity contribution in [1.82, 2.24) is 25.1 Å². The number of ether oxygens (including phenoxy) is 2. The Morgan fingerprint density at radius 2 is 1.51 bits per heavy atom. The third-order valence-corrected chi connectivity index (χ3v) is 5.37. The lowest BCUT2D eigenvalue weighted by molar-refractivity contribution is 0.0514. The van der Waals surface area contributed by atoms with E-state index < -0.39 is 29.4 Å². The molecule has 1 aromatic carbocycles. The van der Waals surface area contributed by atoms with Gasteiger partial charge in [-0.2, -0.15) is 4.99 Å². The van der Waals surface area contributed by atoms with Crippen molar-refractivity contribution in [2.75, 3.05) is 26.7 Å². The van der Waals surface area contributed by atoms with Crippen LogP contribution in [-0.4, -0.2) is 76.8 Å². The van der Waals surface area contributed by atoms with Crippen LogP contribution in [0.25, 0.3) is 11.0 Å². The van der Waals surface area contributed by atoms with Crippen molar-refractivity contribution in [3.05, 3.63) is 34.4 Å². The summed E-state index contributed by atoms with van der Waals surface area (Å²) in [5, 5.41) is 5.28. The van der Waals surface area contributed by atoms with Gasteiger partial charge in [0.15, 0.2) is 11.8 Å². The van der Waals surface area contributed by atoms with E-state index in [9.17, 15) is 19.2 Å². The highest BCUT2D eigenvalue weighted by atomic mass is 16.6. The van der Waals surface area contributed by atoms with Gasteiger partial charge in [0.25, 0.3) is 0 Å². The van der Waals surface area contributed by atoms with E-state index in [1.165, 1.54) is 11.9 Å². The van der Waals surface area contributed by atoms with Gasteiger partial charge in [0.05, 0.1) is 11.0 Å². The summed E-state index contributed by atoms with van der Waals surface area (Å²) in [6.45, 7) is 15.1. The zero-order valence-electron chi connectivity index (χ0n) is 24.3. The Morgan fingerprint density at radius 3 is 2.05 bits per heavy atom. The summed E-state index contributed by atoms with van der Waals surface area (Å²) in [7, 11) is 1.53. The second kappa shape index (κ2) is 12.7. The maximum absolute atomic E-state index is 13.0. The molecule has 4 amide bonds. The van der Waals surface area contributed by atoms with Crippen LogP contribution in [0.3, 0.4) is 0 Å². The van der Waals surface area contributed by atoms with E-state index in [1.807, 2.05) is 26.0 Å². The zero-order chi connectivity index (χ0) is 29.5. The van der Waals surface area contributed by atoms with Gasteiger partial charge in [-0.1, -0.05) is 0 Å². The number of benzene rings is 1. The van der Waals surface area contributed by atoms with Gasteiger partial charge in [-0.25, -0.2) is 19.4 Å². The van der Waals surface area contributed by atoms with Crippen LogP contribution in [0.15, 0.2) is 17.1 Å². The van der Waals surface area contributed by atoms with E-state index in [0.29, 0.717) is 17.3 Å². The van der Waals surface area contributed by atoms with Crippen molar-refractivity contribution in [1.29, 1.82) is 0 Å². The Kier molecular flexibility index (Phi) is 10.2. The molecule has 0 atom stereocenters. The number of carbonyl (C=O) groups excluding carboxylic acids is 4. The van der Waals surface area contributed by atoms with E-state index in [4.69, 9.17) is 9.47 Å². The number of amides is 4. The maximum Gasteiger partial charge on any atom is 0.407 e. The molecule has 2 aromatic rings. The SMILES string of the molecule is Cc1cc2nc(C=O)c(=NC(=O)N(C)CCNC(=O)OC(C)(C)C)n(CCNC(=O)OC(C)(C)C)c2cc1C. The second-order valence-electron chi connectivity index (χ2n) is 11.2. The van der Waals surface area contributed by atoms with Crippen molar-refractivity contribution in [3.8, 4) is 0 Å². The number of alkyl carbamates (subject to hydrolysis) is 2. The predicted octanol–water partition coefficient (Wildman–Crippen LogP) is 3.47. The lowest BCUT2D eigenvalue weighted by Crippen LogP contribution is -2.39. The Labute approximate surface area is 228 Å². The molecule has 12 heteroatoms. The molecule has 0 radical (unpaired) electrons. The molecule has 1 heterocycles. The molecule has 0 spiro atoms. The summed E-state index contributed by atoms with van der Waals surface area (Å²) in [6, 6.07) is 3.12. The molecule has 0 saturated carbocycles. The summed E-state index contributed by atoms with van der Waals surface area (Å²) in [5.41, 5.74) is 1.92. The lowest BCUT2D eigenvalue weighted by Gasteiger charge is -2.21. The van der Waals surface area contributed by atoms with Gasteiger partial charge in [0.1, 0.15) is 16.9 Å². The van der Waals surface area contributed by atoms with Crippen LogP contribution in [0.4, 0.5) is 14.4 Å². The average molecular weight is 545 g/mol. The highest BCUT2D eigenvalue weighted by molar-refractivity contribution is 5.83. The molecule has 0 saturated heterocycles. The number of fused-ring (bicyclic) bond motifs is 1. The van der Waals surface area contributed by atoms with Crippen molar-refractivity contribution in [3.63, 3.8) is 0 Å². The van der Waals surface area contributed by atoms with Crippen LogP contribution in [0.5, 0.6) is 0 Å². The summed E-state index contributed by atoms with van der Waals surface area (Å²) < 4.78 is 12.2. The van der Waals surface area contributed by atoms with E-state index in [2.05, 4.69) is 20.6 Å². The highest BCUT2D eigenvalue weighted by Crippen LogP contribution is 2.17. The Morgan fingerprint density at radius 1 is 0.974 bits per heavy atom. The molecule has 2 N–H and O–H groups in total. The predicted molar refractivity (Wildman–Crippen MR) is 147 cm³/mol. The third-order valence-electron chi connectivity index (χ3n) is 5.37. The topological polar surface area (TPSA) is 144 Å². The summed E-state index contributed by atoms with van der Waals surface area (Å²) in [5.74, 6) is 0. The first-order chi connectivity index (χ1) is 18.0. The Balaban J connectivity index is 2.38. The fourth-order valence-electron chi connectivity index (χ4n) is 3.44. The molecule has 0 aliphatic carbocycles. The number of likely N-dealkylation sites (N-methyl/N-ethyl adjacent to an activating group) is 1. The number of aromatic nitrogens is 2. The molecule has 0 aliphatic heterocycles. The number of aryl methyl sites for hydroxylation is 2. The first-order valence-corrected chi connectivity index (χ1v) is 12.7. The molecule has 2 rings (SSSR count). The van der Waals surface area contributed by atoms with Crippen LogP contribution in [-0.2, 0) is 16.0 Å². The van der Waals surface area contributed by atoms with E-state index in [-0.39, 0.29) is 37.4 Å². The highest BCUT2D eigenvalue weighted by Gasteiger charge is 2.18. The number of aldehydes is 1. The first kappa shape index (κ1) is 31.3. The molecule has 0 bridgehead atoms. The molecule has 39 heavy (non-hydrogen) atoms. The maximum atomic E-state index is 13.0. The van der Waals surface area contributed by atoms with Gasteiger partial charge in [-0.15, -0.1) is 0 Å². The van der Waals surface area contributed by atoms with Crippen molar-refractivity contribution in [2.45, 2.75) is 73.1 Å². The number of nitrogens with zero attached hydrogens (tertiary/aromatic N) is 4. The van der Waals surface area contributed by atoms with Crippen LogP contribution in [0, 0.1) is 13.8 Å². The summed E-state index contributed by atoms with van der Waals surface area (Å²) >= 11 is 0. The number of rotatable bonds is 7. The average Bonchev–Trinajstić information content (AvgIpc) is 2.78. The number of carbonyl (C=O) groups is 4. The van der Waals surface area contributed by atoms with Crippen LogP contribution >= 0.6 is 0 Å². The van der Waals surface area contributed by atoms with Crippen LogP contribution < -0.4 is 16.1 Å². The number of nitrogens with one attached hydrogen (secondary N) is 2. The smallest absolute Gasteiger partial charge is 0.407 e. The van der Waals surface area contributed by atoms with Gasteiger partial charge in [-0.05, 0) is 78.6 Å². The minimum Gasteiger partial charge on any atom is -0.444 e. The minimum atomic E-state index is -0.657. The van der Waals surface area contributed by atoms with Crippen molar-refractivity contribution < 1.29 is 28.7 Å². The molecular formula is C27H40N6O6. The summed E-state index contributed by atoms with van der Waals surface area (Å²) in [4.78, 5) is 59.0. The lowest BCUT2D eigenvalue weighted by atomic mass is 10.1. The molecule has 0 aliphatic rings. The molecule has 12 nitrogen and oxygen atoms in total. The van der Waals surface area contributed by atoms with E-state index in [0.717, 1.165) is 11.1 Å². The van der Waals surface area contributed by atoms with Gasteiger partial charge in [0, 0.05) is 33.2 Å². The van der Waals surface area contributed by atoms with Crippen LogP contribution in [0.2, 0.25) is 0 Å². The van der Waals surface area contributed by atoms with Gasteiger partial charge >= 0.3 is 18.2 Å². The van der Waals surface area contributed by atoms with Gasteiger partial charge in [0.2, 0.25) is 0 Å². The third kappa shape index (κ3) is 9.69. The zero-order valence-corrected chi connectivity index (χ0v) is 24.3. The van der Waals surface area contributed by atoms with Crippen molar-refractivity contribution >= 4 is 35.5 Å². The van der Waals surface area contributed by atoms with Crippen molar-refractivity contribution in [2.24, 2.45) is 4.99 Å². The number of hydrogen-bond donors (Lipinski definition) is 2. The molecular weight excluding hydrogens is 504 g/mol. The van der Waals surface area contributed by atoms with E-state index >= 15 is 0 Å². The number of hydrogen-bond acceptors (Lipinski definition) is 7. The number of urea groups is 1. The largest absolute Gasteiger partial charge is 0.444 e. The second-order valence-corrected chi connectivity index (χ2v) is 11.2. The Bertz CT molecular complexity index is 1300. The first-order valence-electron chi connectivity index (χ1n) is 12.7. The van der Waals surface area contributed by atoms with Gasteiger partial charge in [-0.3, -0.25) is 4.79 Å². The fraction of sp³-hybridized carbons (Fsp3) is 0.556. The molecule has 1 aromatic heterocycles. The molecule has 0 fully saturated rings. The molecule has 214 valence electrons. The monoisotopic (exact) mass is 544 g/mol.